The average Bonchev–Trinajstić information content (AvgIpc) is 2.70. The molecule has 1 aliphatic rings. The van der Waals surface area contributed by atoms with Gasteiger partial charge in [0, 0.05) is 12.8 Å². The molecule has 0 amide bonds. The van der Waals surface area contributed by atoms with Gasteiger partial charge in [-0.15, -0.1) is 0 Å². The molecule has 1 fully saturated rings. The Labute approximate surface area is 169 Å². The third-order valence-electron chi connectivity index (χ3n) is 4.21. The minimum Gasteiger partial charge on any atom is -0.478 e. The third kappa shape index (κ3) is 11.5. The number of hydrogen-bond acceptors (Lipinski definition) is 6. The maximum absolute atomic E-state index is 11.3. The van der Waals surface area contributed by atoms with Gasteiger partial charge in [0.15, 0.2) is 0 Å². The number of carboxylic acids is 2. The molecular formula is C21H28O8. The summed E-state index contributed by atoms with van der Waals surface area (Å²) in [5.74, 6) is -2.33. The predicted octanol–water partition coefficient (Wildman–Crippen LogP) is 3.68. The molecule has 1 heterocycles. The number of ether oxygens (including phenoxy) is 2. The summed E-state index contributed by atoms with van der Waals surface area (Å²) in [5, 5.41) is 16.9. The smallest absolute Gasteiger partial charge is 0.335 e. The molecule has 0 atom stereocenters. The van der Waals surface area contributed by atoms with Crippen molar-refractivity contribution in [3.05, 3.63) is 35.4 Å². The van der Waals surface area contributed by atoms with Crippen molar-refractivity contribution in [2.75, 3.05) is 13.2 Å². The highest BCUT2D eigenvalue weighted by atomic mass is 16.5. The predicted molar refractivity (Wildman–Crippen MR) is 104 cm³/mol. The summed E-state index contributed by atoms with van der Waals surface area (Å²) in [5.41, 5.74) is 0.167. The van der Waals surface area contributed by atoms with Gasteiger partial charge in [-0.25, -0.2) is 9.59 Å². The van der Waals surface area contributed by atoms with Crippen LogP contribution in [0.25, 0.3) is 0 Å². The number of cyclic esters (lactones) is 2. The SMILES string of the molecule is O=C(O)c1ccc(C(=O)O)cc1.O=C1CCCCCCCC(=O)OCCCCO1. The molecule has 160 valence electrons. The van der Waals surface area contributed by atoms with Crippen LogP contribution in [0.4, 0.5) is 0 Å². The number of aromatic carboxylic acids is 2. The molecule has 1 aromatic rings. The van der Waals surface area contributed by atoms with Gasteiger partial charge in [0.05, 0.1) is 24.3 Å². The Kier molecular flexibility index (Phi) is 11.8. The molecule has 0 unspecified atom stereocenters. The Morgan fingerprint density at radius 1 is 0.621 bits per heavy atom. The highest BCUT2D eigenvalue weighted by Crippen LogP contribution is 2.09. The van der Waals surface area contributed by atoms with Crippen LogP contribution in [0, 0.1) is 0 Å². The Morgan fingerprint density at radius 2 is 0.966 bits per heavy atom. The molecule has 0 radical (unpaired) electrons. The second-order valence-electron chi connectivity index (χ2n) is 6.60. The van der Waals surface area contributed by atoms with Gasteiger partial charge < -0.3 is 19.7 Å². The van der Waals surface area contributed by atoms with Crippen molar-refractivity contribution in [1.29, 1.82) is 0 Å². The quantitative estimate of drug-likeness (QED) is 0.710. The third-order valence-corrected chi connectivity index (χ3v) is 4.21. The Balaban J connectivity index is 0.000000308. The van der Waals surface area contributed by atoms with Crippen LogP contribution >= 0.6 is 0 Å². The second kappa shape index (κ2) is 14.1. The van der Waals surface area contributed by atoms with Crippen LogP contribution in [0.3, 0.4) is 0 Å². The monoisotopic (exact) mass is 408 g/mol. The lowest BCUT2D eigenvalue weighted by Gasteiger charge is -2.05. The molecule has 0 aliphatic carbocycles. The van der Waals surface area contributed by atoms with Gasteiger partial charge in [0.1, 0.15) is 0 Å². The van der Waals surface area contributed by atoms with E-state index < -0.39 is 11.9 Å². The van der Waals surface area contributed by atoms with Crippen LogP contribution in [0.2, 0.25) is 0 Å². The summed E-state index contributed by atoms with van der Waals surface area (Å²) in [6.07, 6.45) is 7.49. The number of carbonyl (C=O) groups excluding carboxylic acids is 2. The van der Waals surface area contributed by atoms with Crippen molar-refractivity contribution in [2.45, 2.75) is 57.8 Å². The molecule has 8 heteroatoms. The van der Waals surface area contributed by atoms with Crippen molar-refractivity contribution in [2.24, 2.45) is 0 Å². The second-order valence-corrected chi connectivity index (χ2v) is 6.60. The van der Waals surface area contributed by atoms with E-state index in [0.717, 1.165) is 44.9 Å². The summed E-state index contributed by atoms with van der Waals surface area (Å²) < 4.78 is 10.1. The van der Waals surface area contributed by atoms with E-state index in [4.69, 9.17) is 19.7 Å². The summed E-state index contributed by atoms with van der Waals surface area (Å²) in [4.78, 5) is 43.2. The number of esters is 2. The van der Waals surface area contributed by atoms with Crippen LogP contribution in [-0.4, -0.2) is 47.3 Å². The van der Waals surface area contributed by atoms with Gasteiger partial charge in [0.25, 0.3) is 0 Å². The van der Waals surface area contributed by atoms with E-state index in [2.05, 4.69) is 0 Å². The fourth-order valence-corrected chi connectivity index (χ4v) is 2.54. The van der Waals surface area contributed by atoms with Crippen LogP contribution in [0.5, 0.6) is 0 Å². The van der Waals surface area contributed by atoms with Crippen LogP contribution in [0.1, 0.15) is 78.5 Å². The Bertz CT molecular complexity index is 609. The zero-order valence-corrected chi connectivity index (χ0v) is 16.4. The van der Waals surface area contributed by atoms with Gasteiger partial charge in [-0.05, 0) is 49.9 Å². The summed E-state index contributed by atoms with van der Waals surface area (Å²) in [6, 6.07) is 5.02. The number of hydrogen-bond donors (Lipinski definition) is 2. The summed E-state index contributed by atoms with van der Waals surface area (Å²) in [6.45, 7) is 0.882. The van der Waals surface area contributed by atoms with Crippen LogP contribution in [0.15, 0.2) is 24.3 Å². The van der Waals surface area contributed by atoms with Crippen molar-refractivity contribution >= 4 is 23.9 Å². The highest BCUT2D eigenvalue weighted by Gasteiger charge is 2.06. The Hall–Kier alpha value is -2.90. The standard InChI is InChI=1S/C13H22O4.C8H6O4/c14-12-8-4-2-1-3-5-9-13(15)17-11-7-6-10-16-12;9-7(10)5-1-2-6(4-3-5)8(11)12/h1-11H2;1-4H,(H,9,10)(H,11,12). The molecule has 29 heavy (non-hydrogen) atoms. The maximum atomic E-state index is 11.3. The number of carboxylic acid groups (broad SMARTS) is 2. The van der Waals surface area contributed by atoms with E-state index in [0.29, 0.717) is 26.1 Å². The van der Waals surface area contributed by atoms with Gasteiger partial charge >= 0.3 is 23.9 Å². The van der Waals surface area contributed by atoms with Crippen LogP contribution in [-0.2, 0) is 19.1 Å². The first-order chi connectivity index (χ1) is 13.9. The first kappa shape index (κ1) is 24.1. The first-order valence-electron chi connectivity index (χ1n) is 9.78. The zero-order chi connectivity index (χ0) is 21.5. The first-order valence-corrected chi connectivity index (χ1v) is 9.78. The molecule has 0 spiro atoms. The molecule has 0 aromatic heterocycles. The largest absolute Gasteiger partial charge is 0.478 e. The minimum atomic E-state index is -1.06. The molecule has 2 rings (SSSR count). The molecule has 0 saturated carbocycles. The number of rotatable bonds is 2. The molecule has 1 saturated heterocycles. The molecule has 2 N–H and O–H groups in total. The highest BCUT2D eigenvalue weighted by molar-refractivity contribution is 5.91. The van der Waals surface area contributed by atoms with Crippen LogP contribution < -0.4 is 0 Å². The molecule has 8 nitrogen and oxygen atoms in total. The van der Waals surface area contributed by atoms with E-state index in [1.54, 1.807) is 0 Å². The Morgan fingerprint density at radius 3 is 1.31 bits per heavy atom. The number of carbonyl (C=O) groups is 4. The molecule has 1 aliphatic heterocycles. The molecule has 0 bridgehead atoms. The van der Waals surface area contributed by atoms with E-state index in [1.807, 2.05) is 0 Å². The van der Waals surface area contributed by atoms with Gasteiger partial charge in [-0.3, -0.25) is 9.59 Å². The van der Waals surface area contributed by atoms with Gasteiger partial charge in [-0.2, -0.15) is 0 Å². The van der Waals surface area contributed by atoms with E-state index in [1.165, 1.54) is 24.3 Å². The minimum absolute atomic E-state index is 0.0833. The van der Waals surface area contributed by atoms with Crippen molar-refractivity contribution in [3.8, 4) is 0 Å². The van der Waals surface area contributed by atoms with E-state index in [-0.39, 0.29) is 23.1 Å². The van der Waals surface area contributed by atoms with E-state index in [9.17, 15) is 19.2 Å². The zero-order valence-electron chi connectivity index (χ0n) is 16.4. The average molecular weight is 408 g/mol. The molecule has 1 aromatic carbocycles. The van der Waals surface area contributed by atoms with Crippen molar-refractivity contribution < 1.29 is 38.9 Å². The van der Waals surface area contributed by atoms with Gasteiger partial charge in [0.2, 0.25) is 0 Å². The lowest BCUT2D eigenvalue weighted by Crippen LogP contribution is -2.08. The lowest BCUT2D eigenvalue weighted by atomic mass is 10.1. The van der Waals surface area contributed by atoms with E-state index >= 15 is 0 Å². The van der Waals surface area contributed by atoms with Gasteiger partial charge in [-0.1, -0.05) is 19.3 Å². The summed E-state index contributed by atoms with van der Waals surface area (Å²) >= 11 is 0. The topological polar surface area (TPSA) is 127 Å². The lowest BCUT2D eigenvalue weighted by molar-refractivity contribution is -0.146. The normalized spacial score (nSPS) is 16.7. The summed E-state index contributed by atoms with van der Waals surface area (Å²) in [7, 11) is 0. The van der Waals surface area contributed by atoms with Crippen molar-refractivity contribution in [3.63, 3.8) is 0 Å². The number of benzene rings is 1. The molecular weight excluding hydrogens is 380 g/mol. The van der Waals surface area contributed by atoms with Crippen molar-refractivity contribution in [1.82, 2.24) is 0 Å². The maximum Gasteiger partial charge on any atom is 0.335 e. The fourth-order valence-electron chi connectivity index (χ4n) is 2.54. The fraction of sp³-hybridized carbons (Fsp3) is 0.524.